The van der Waals surface area contributed by atoms with Gasteiger partial charge in [0.25, 0.3) is 0 Å². The van der Waals surface area contributed by atoms with Gasteiger partial charge in [0.15, 0.2) is 0 Å². The van der Waals surface area contributed by atoms with Crippen LogP contribution in [0.5, 0.6) is 5.75 Å². The van der Waals surface area contributed by atoms with Crippen molar-refractivity contribution in [3.63, 3.8) is 0 Å². The van der Waals surface area contributed by atoms with E-state index in [4.69, 9.17) is 10.5 Å². The van der Waals surface area contributed by atoms with Crippen LogP contribution in [-0.4, -0.2) is 13.2 Å². The summed E-state index contributed by atoms with van der Waals surface area (Å²) in [4.78, 5) is 0. The standard InChI is InChI=1S/C15H18BrNOS/c1-11-8-14(16)9-13(2-5-17)15(11)18-6-3-12-4-7-19-10-12/h4,7-10H,2-3,5-6,17H2,1H3. The van der Waals surface area contributed by atoms with Gasteiger partial charge in [-0.3, -0.25) is 0 Å². The van der Waals surface area contributed by atoms with Gasteiger partial charge < -0.3 is 10.5 Å². The summed E-state index contributed by atoms with van der Waals surface area (Å²) in [5.41, 5.74) is 9.34. The Morgan fingerprint density at radius 2 is 2.16 bits per heavy atom. The minimum atomic E-state index is 0.636. The van der Waals surface area contributed by atoms with Gasteiger partial charge in [-0.2, -0.15) is 11.3 Å². The summed E-state index contributed by atoms with van der Waals surface area (Å²) in [5, 5.41) is 4.26. The molecular formula is C15H18BrNOS. The van der Waals surface area contributed by atoms with Gasteiger partial charge in [0.1, 0.15) is 5.75 Å². The van der Waals surface area contributed by atoms with Crippen molar-refractivity contribution in [3.05, 3.63) is 50.1 Å². The molecule has 0 aliphatic heterocycles. The normalized spacial score (nSPS) is 10.7. The maximum atomic E-state index is 5.98. The SMILES string of the molecule is Cc1cc(Br)cc(CCN)c1OCCc1ccsc1. The fraction of sp³-hybridized carbons (Fsp3) is 0.333. The predicted molar refractivity (Wildman–Crippen MR) is 85.2 cm³/mol. The average Bonchev–Trinajstić information content (AvgIpc) is 2.86. The Morgan fingerprint density at radius 1 is 1.32 bits per heavy atom. The first-order valence-corrected chi connectivity index (χ1v) is 8.07. The molecule has 0 saturated carbocycles. The summed E-state index contributed by atoms with van der Waals surface area (Å²) in [6.45, 7) is 3.41. The number of hydrogen-bond acceptors (Lipinski definition) is 3. The fourth-order valence-corrected chi connectivity index (χ4v) is 3.38. The number of rotatable bonds is 6. The van der Waals surface area contributed by atoms with Gasteiger partial charge in [-0.25, -0.2) is 0 Å². The zero-order valence-electron chi connectivity index (χ0n) is 11.0. The van der Waals surface area contributed by atoms with Crippen LogP contribution in [0.1, 0.15) is 16.7 Å². The van der Waals surface area contributed by atoms with Gasteiger partial charge >= 0.3 is 0 Å². The molecule has 0 atom stereocenters. The van der Waals surface area contributed by atoms with Crippen molar-refractivity contribution in [1.29, 1.82) is 0 Å². The first kappa shape index (κ1) is 14.6. The van der Waals surface area contributed by atoms with E-state index in [9.17, 15) is 0 Å². The zero-order chi connectivity index (χ0) is 13.7. The average molecular weight is 340 g/mol. The molecule has 0 fully saturated rings. The summed E-state index contributed by atoms with van der Waals surface area (Å²) in [5.74, 6) is 0.990. The van der Waals surface area contributed by atoms with Crippen LogP contribution in [0.15, 0.2) is 33.4 Å². The highest BCUT2D eigenvalue weighted by atomic mass is 79.9. The lowest BCUT2D eigenvalue weighted by Gasteiger charge is -2.14. The Labute approximate surface area is 126 Å². The zero-order valence-corrected chi connectivity index (χ0v) is 13.4. The van der Waals surface area contributed by atoms with Crippen LogP contribution in [0, 0.1) is 6.92 Å². The van der Waals surface area contributed by atoms with Crippen LogP contribution in [0.25, 0.3) is 0 Å². The van der Waals surface area contributed by atoms with Crippen LogP contribution in [0.2, 0.25) is 0 Å². The number of nitrogens with two attached hydrogens (primary N) is 1. The first-order valence-electron chi connectivity index (χ1n) is 6.33. The molecule has 0 amide bonds. The molecular weight excluding hydrogens is 322 g/mol. The van der Waals surface area contributed by atoms with Gasteiger partial charge in [0.2, 0.25) is 0 Å². The summed E-state index contributed by atoms with van der Waals surface area (Å²) in [6.07, 6.45) is 1.79. The van der Waals surface area contributed by atoms with Crippen LogP contribution in [-0.2, 0) is 12.8 Å². The third-order valence-corrected chi connectivity index (χ3v) is 4.14. The van der Waals surface area contributed by atoms with Crippen molar-refractivity contribution in [2.24, 2.45) is 5.73 Å². The van der Waals surface area contributed by atoms with Crippen LogP contribution >= 0.6 is 27.3 Å². The lowest BCUT2D eigenvalue weighted by atomic mass is 10.1. The van der Waals surface area contributed by atoms with Crippen molar-refractivity contribution in [2.75, 3.05) is 13.2 Å². The molecule has 0 aliphatic rings. The minimum absolute atomic E-state index is 0.636. The van der Waals surface area contributed by atoms with Crippen molar-refractivity contribution in [1.82, 2.24) is 0 Å². The fourth-order valence-electron chi connectivity index (χ4n) is 2.05. The van der Waals surface area contributed by atoms with E-state index in [-0.39, 0.29) is 0 Å². The highest BCUT2D eigenvalue weighted by Crippen LogP contribution is 2.28. The summed E-state index contributed by atoms with van der Waals surface area (Å²) in [7, 11) is 0. The first-order chi connectivity index (χ1) is 9.20. The second-order valence-electron chi connectivity index (χ2n) is 4.48. The van der Waals surface area contributed by atoms with E-state index in [2.05, 4.69) is 51.8 Å². The summed E-state index contributed by atoms with van der Waals surface area (Å²) >= 11 is 5.25. The number of thiophene rings is 1. The number of halogens is 1. The van der Waals surface area contributed by atoms with E-state index in [1.165, 1.54) is 11.1 Å². The van der Waals surface area contributed by atoms with Crippen molar-refractivity contribution >= 4 is 27.3 Å². The molecule has 4 heteroatoms. The van der Waals surface area contributed by atoms with E-state index in [0.29, 0.717) is 13.2 Å². The van der Waals surface area contributed by atoms with Gasteiger partial charge in [-0.15, -0.1) is 0 Å². The second kappa shape index (κ2) is 7.08. The van der Waals surface area contributed by atoms with Gasteiger partial charge in [0.05, 0.1) is 6.61 Å². The van der Waals surface area contributed by atoms with Crippen molar-refractivity contribution in [3.8, 4) is 5.75 Å². The number of ether oxygens (including phenoxy) is 1. The van der Waals surface area contributed by atoms with Gasteiger partial charge in [0, 0.05) is 10.9 Å². The van der Waals surface area contributed by atoms with Crippen LogP contribution in [0.4, 0.5) is 0 Å². The highest BCUT2D eigenvalue weighted by Gasteiger charge is 2.08. The second-order valence-corrected chi connectivity index (χ2v) is 6.18. The lowest BCUT2D eigenvalue weighted by Crippen LogP contribution is -2.08. The molecule has 0 unspecified atom stereocenters. The topological polar surface area (TPSA) is 35.2 Å². The van der Waals surface area contributed by atoms with Gasteiger partial charge in [-0.05, 0) is 65.5 Å². The van der Waals surface area contributed by atoms with E-state index in [1.54, 1.807) is 11.3 Å². The number of aryl methyl sites for hydroxylation is 1. The number of hydrogen-bond donors (Lipinski definition) is 1. The van der Waals surface area contributed by atoms with E-state index < -0.39 is 0 Å². The number of benzene rings is 1. The highest BCUT2D eigenvalue weighted by molar-refractivity contribution is 9.10. The smallest absolute Gasteiger partial charge is 0.125 e. The Kier molecular flexibility index (Phi) is 5.43. The molecule has 1 heterocycles. The quantitative estimate of drug-likeness (QED) is 0.864. The largest absolute Gasteiger partial charge is 0.493 e. The monoisotopic (exact) mass is 339 g/mol. The molecule has 0 saturated heterocycles. The maximum absolute atomic E-state index is 5.98. The van der Waals surface area contributed by atoms with Gasteiger partial charge in [-0.1, -0.05) is 15.9 Å². The molecule has 2 N–H and O–H groups in total. The third-order valence-electron chi connectivity index (χ3n) is 2.95. The van der Waals surface area contributed by atoms with Crippen LogP contribution in [0.3, 0.4) is 0 Å². The lowest BCUT2D eigenvalue weighted by molar-refractivity contribution is 0.316. The molecule has 2 rings (SSSR count). The molecule has 0 bridgehead atoms. The Bertz CT molecular complexity index is 525. The molecule has 1 aromatic carbocycles. The Hall–Kier alpha value is -0.840. The van der Waals surface area contributed by atoms with Crippen molar-refractivity contribution in [2.45, 2.75) is 19.8 Å². The summed E-state index contributed by atoms with van der Waals surface area (Å²) in [6, 6.07) is 6.32. The maximum Gasteiger partial charge on any atom is 0.125 e. The van der Waals surface area contributed by atoms with Crippen LogP contribution < -0.4 is 10.5 Å². The molecule has 0 aliphatic carbocycles. The molecule has 0 radical (unpaired) electrons. The minimum Gasteiger partial charge on any atom is -0.493 e. The summed E-state index contributed by atoms with van der Waals surface area (Å²) < 4.78 is 7.06. The van der Waals surface area contributed by atoms with E-state index in [0.717, 1.165) is 28.6 Å². The Morgan fingerprint density at radius 3 is 2.84 bits per heavy atom. The molecule has 1 aromatic heterocycles. The van der Waals surface area contributed by atoms with Crippen molar-refractivity contribution < 1.29 is 4.74 Å². The molecule has 0 spiro atoms. The van der Waals surface area contributed by atoms with E-state index in [1.807, 2.05) is 0 Å². The molecule has 2 nitrogen and oxygen atoms in total. The molecule has 102 valence electrons. The Balaban J connectivity index is 2.05. The molecule has 2 aromatic rings. The predicted octanol–water partition coefficient (Wildman–Crippen LogP) is 3.94. The third kappa shape index (κ3) is 4.06. The molecule has 19 heavy (non-hydrogen) atoms. The van der Waals surface area contributed by atoms with E-state index >= 15 is 0 Å².